The van der Waals surface area contributed by atoms with Crippen LogP contribution in [0.15, 0.2) is 59.8 Å². The number of methoxy groups -OCH3 is 1. The monoisotopic (exact) mass is 451 g/mol. The quantitative estimate of drug-likeness (QED) is 0.624. The third kappa shape index (κ3) is 5.71. The molecule has 0 fully saturated rings. The number of rotatable bonds is 7. The van der Waals surface area contributed by atoms with Gasteiger partial charge in [0.2, 0.25) is 5.91 Å². The van der Waals surface area contributed by atoms with E-state index in [9.17, 15) is 14.4 Å². The first-order valence-electron chi connectivity index (χ1n) is 10.7. The second-order valence-electron chi connectivity index (χ2n) is 8.09. The molecule has 2 aromatic carbocycles. The predicted octanol–water partition coefficient (Wildman–Crippen LogP) is 3.80. The number of ether oxygens (including phenoxy) is 2. The fourth-order valence-corrected chi connectivity index (χ4v) is 3.56. The van der Waals surface area contributed by atoms with Crippen molar-refractivity contribution in [1.82, 2.24) is 10.2 Å². The van der Waals surface area contributed by atoms with E-state index in [1.54, 1.807) is 71.3 Å². The molecule has 2 aromatic rings. The van der Waals surface area contributed by atoms with Crippen LogP contribution < -0.4 is 15.4 Å². The van der Waals surface area contributed by atoms with Crippen molar-refractivity contribution in [2.75, 3.05) is 19.5 Å². The van der Waals surface area contributed by atoms with Gasteiger partial charge in [-0.3, -0.25) is 4.79 Å². The van der Waals surface area contributed by atoms with E-state index in [2.05, 4.69) is 10.6 Å². The van der Waals surface area contributed by atoms with Crippen LogP contribution in [0.2, 0.25) is 0 Å². The third-order valence-electron chi connectivity index (χ3n) is 5.34. The molecule has 0 radical (unpaired) electrons. The molecule has 1 aliphatic heterocycles. The molecule has 0 bridgehead atoms. The zero-order valence-electron chi connectivity index (χ0n) is 19.5. The van der Waals surface area contributed by atoms with E-state index >= 15 is 0 Å². The lowest BCUT2D eigenvalue weighted by Gasteiger charge is -2.33. The highest BCUT2D eigenvalue weighted by Crippen LogP contribution is 2.32. The summed E-state index contributed by atoms with van der Waals surface area (Å²) in [5.74, 6) is 0.0476. The Bertz CT molecular complexity index is 1080. The second kappa shape index (κ2) is 10.2. The minimum Gasteiger partial charge on any atom is -0.497 e. The summed E-state index contributed by atoms with van der Waals surface area (Å²) in [4.78, 5) is 39.2. The molecule has 174 valence electrons. The standard InChI is InChI=1S/C25H29N3O5/c1-15(2)33-24(30)22-16(3)28(4)25(31)27-23(22)18-7-6-8-19(14-18)26-21(29)13-17-9-11-20(32-5)12-10-17/h6-12,14-15,23H,13H2,1-5H3,(H,26,29)(H,27,31). The zero-order valence-corrected chi connectivity index (χ0v) is 19.5. The second-order valence-corrected chi connectivity index (χ2v) is 8.09. The minimum atomic E-state index is -0.696. The Kier molecular flexibility index (Phi) is 7.37. The molecular weight excluding hydrogens is 422 g/mol. The molecule has 1 aliphatic rings. The summed E-state index contributed by atoms with van der Waals surface area (Å²) < 4.78 is 10.6. The highest BCUT2D eigenvalue weighted by Gasteiger charge is 2.35. The lowest BCUT2D eigenvalue weighted by atomic mass is 9.94. The number of nitrogens with one attached hydrogen (secondary N) is 2. The van der Waals surface area contributed by atoms with Crippen LogP contribution in [0, 0.1) is 0 Å². The molecule has 0 saturated heterocycles. The molecule has 3 amide bonds. The first-order valence-corrected chi connectivity index (χ1v) is 10.7. The molecule has 3 rings (SSSR count). The molecule has 8 nitrogen and oxygen atoms in total. The Morgan fingerprint density at radius 3 is 2.48 bits per heavy atom. The van der Waals surface area contributed by atoms with E-state index in [0.717, 1.165) is 11.3 Å². The van der Waals surface area contributed by atoms with Crippen LogP contribution in [-0.4, -0.2) is 43.1 Å². The van der Waals surface area contributed by atoms with Gasteiger partial charge in [-0.1, -0.05) is 24.3 Å². The average molecular weight is 452 g/mol. The van der Waals surface area contributed by atoms with E-state index in [4.69, 9.17) is 9.47 Å². The number of carbonyl (C=O) groups is 3. The Morgan fingerprint density at radius 1 is 1.15 bits per heavy atom. The van der Waals surface area contributed by atoms with Crippen molar-refractivity contribution in [1.29, 1.82) is 0 Å². The van der Waals surface area contributed by atoms with E-state index in [1.807, 2.05) is 12.1 Å². The maximum atomic E-state index is 12.8. The zero-order chi connectivity index (χ0) is 24.1. The van der Waals surface area contributed by atoms with Crippen molar-refractivity contribution in [2.45, 2.75) is 39.3 Å². The van der Waals surface area contributed by atoms with Crippen molar-refractivity contribution in [3.63, 3.8) is 0 Å². The van der Waals surface area contributed by atoms with Crippen LogP contribution in [0.1, 0.15) is 37.9 Å². The van der Waals surface area contributed by atoms with Crippen molar-refractivity contribution in [3.05, 3.63) is 70.9 Å². The molecular formula is C25H29N3O5. The maximum absolute atomic E-state index is 12.8. The van der Waals surface area contributed by atoms with Crippen LogP contribution in [0.3, 0.4) is 0 Å². The van der Waals surface area contributed by atoms with E-state index in [-0.39, 0.29) is 24.5 Å². The summed E-state index contributed by atoms with van der Waals surface area (Å²) in [5.41, 5.74) is 2.95. The van der Waals surface area contributed by atoms with Crippen molar-refractivity contribution >= 4 is 23.6 Å². The molecule has 33 heavy (non-hydrogen) atoms. The Morgan fingerprint density at radius 2 is 1.85 bits per heavy atom. The SMILES string of the molecule is COc1ccc(CC(=O)Nc2cccc(C3NC(=O)N(C)C(C)=C3C(=O)OC(C)C)c2)cc1. The van der Waals surface area contributed by atoms with E-state index in [0.29, 0.717) is 22.5 Å². The lowest BCUT2D eigenvalue weighted by molar-refractivity contribution is -0.143. The molecule has 0 aromatic heterocycles. The van der Waals surface area contributed by atoms with Gasteiger partial charge in [0.05, 0.1) is 31.2 Å². The van der Waals surface area contributed by atoms with E-state index < -0.39 is 12.0 Å². The number of benzene rings is 2. The predicted molar refractivity (Wildman–Crippen MR) is 125 cm³/mol. The molecule has 0 aliphatic carbocycles. The fraction of sp³-hybridized carbons (Fsp3) is 0.320. The summed E-state index contributed by atoms with van der Waals surface area (Å²) in [7, 11) is 3.19. The fourth-order valence-electron chi connectivity index (χ4n) is 3.56. The number of hydrogen-bond acceptors (Lipinski definition) is 5. The number of hydrogen-bond donors (Lipinski definition) is 2. The number of nitrogens with zero attached hydrogens (tertiary/aromatic N) is 1. The lowest BCUT2D eigenvalue weighted by Crippen LogP contribution is -2.46. The highest BCUT2D eigenvalue weighted by molar-refractivity contribution is 5.95. The summed E-state index contributed by atoms with van der Waals surface area (Å²) in [6.07, 6.45) is -0.102. The number of allylic oxidation sites excluding steroid dienone is 1. The topological polar surface area (TPSA) is 97.0 Å². The first-order chi connectivity index (χ1) is 15.7. The van der Waals surface area contributed by atoms with Crippen molar-refractivity contribution in [2.24, 2.45) is 0 Å². The smallest absolute Gasteiger partial charge is 0.338 e. The van der Waals surface area contributed by atoms with Gasteiger partial charge in [0.1, 0.15) is 5.75 Å². The number of urea groups is 1. The number of esters is 1. The Labute approximate surface area is 193 Å². The maximum Gasteiger partial charge on any atom is 0.338 e. The van der Waals surface area contributed by atoms with Gasteiger partial charge in [0, 0.05) is 18.4 Å². The largest absolute Gasteiger partial charge is 0.497 e. The first kappa shape index (κ1) is 23.8. The van der Waals surface area contributed by atoms with Crippen LogP contribution in [-0.2, 0) is 20.7 Å². The van der Waals surface area contributed by atoms with Crippen LogP contribution in [0.5, 0.6) is 5.75 Å². The van der Waals surface area contributed by atoms with Gasteiger partial charge < -0.3 is 25.0 Å². The van der Waals surface area contributed by atoms with Crippen molar-refractivity contribution in [3.8, 4) is 5.75 Å². The highest BCUT2D eigenvalue weighted by atomic mass is 16.5. The van der Waals surface area contributed by atoms with Gasteiger partial charge in [-0.25, -0.2) is 9.59 Å². The van der Waals surface area contributed by atoms with Gasteiger partial charge in [-0.2, -0.15) is 0 Å². The van der Waals surface area contributed by atoms with Crippen molar-refractivity contribution < 1.29 is 23.9 Å². The number of carbonyl (C=O) groups excluding carboxylic acids is 3. The minimum absolute atomic E-state index is 0.184. The summed E-state index contributed by atoms with van der Waals surface area (Å²) >= 11 is 0. The van der Waals surface area contributed by atoms with Crippen LogP contribution in [0.25, 0.3) is 0 Å². The summed E-state index contributed by atoms with van der Waals surface area (Å²) in [6, 6.07) is 13.3. The molecule has 0 saturated carbocycles. The van der Waals surface area contributed by atoms with Gasteiger partial charge in [0.25, 0.3) is 0 Å². The number of anilines is 1. The molecule has 8 heteroatoms. The molecule has 1 heterocycles. The summed E-state index contributed by atoms with van der Waals surface area (Å²) in [5, 5.41) is 5.73. The van der Waals surface area contributed by atoms with Gasteiger partial charge >= 0.3 is 12.0 Å². The average Bonchev–Trinajstić information content (AvgIpc) is 2.77. The Hall–Kier alpha value is -3.81. The van der Waals surface area contributed by atoms with Gasteiger partial charge in [-0.05, 0) is 56.2 Å². The van der Waals surface area contributed by atoms with Crippen LogP contribution >= 0.6 is 0 Å². The molecule has 1 atom stereocenters. The number of amides is 3. The van der Waals surface area contributed by atoms with E-state index in [1.165, 1.54) is 4.90 Å². The Balaban J connectivity index is 1.82. The third-order valence-corrected chi connectivity index (χ3v) is 5.34. The van der Waals surface area contributed by atoms with Gasteiger partial charge in [-0.15, -0.1) is 0 Å². The molecule has 2 N–H and O–H groups in total. The van der Waals surface area contributed by atoms with Gasteiger partial charge in [0.15, 0.2) is 0 Å². The van der Waals surface area contributed by atoms with Crippen LogP contribution in [0.4, 0.5) is 10.5 Å². The summed E-state index contributed by atoms with van der Waals surface area (Å²) in [6.45, 7) is 5.25. The molecule has 1 unspecified atom stereocenters. The normalized spacial score (nSPS) is 15.9. The molecule has 0 spiro atoms.